The molecule has 2 atom stereocenters. The number of benzene rings is 2. The van der Waals surface area contributed by atoms with E-state index in [1.807, 2.05) is 25.1 Å². The molecule has 7 heteroatoms. The van der Waals surface area contributed by atoms with E-state index >= 15 is 0 Å². The van der Waals surface area contributed by atoms with Gasteiger partial charge in [-0.25, -0.2) is 0 Å². The highest BCUT2D eigenvalue weighted by Crippen LogP contribution is 2.31. The van der Waals surface area contributed by atoms with Gasteiger partial charge in [0.25, 0.3) is 11.6 Å². The molecule has 142 valence electrons. The molecule has 2 unspecified atom stereocenters. The maximum Gasteiger partial charge on any atom is 0.270 e. The first-order valence-corrected chi connectivity index (χ1v) is 9.02. The number of hydrogen-bond donors (Lipinski definition) is 1. The van der Waals surface area contributed by atoms with E-state index < -0.39 is 4.92 Å². The van der Waals surface area contributed by atoms with E-state index in [2.05, 4.69) is 0 Å². The van der Waals surface area contributed by atoms with E-state index in [9.17, 15) is 14.9 Å². The summed E-state index contributed by atoms with van der Waals surface area (Å²) in [6.07, 6.45) is 1.84. The molecular weight excluding hydrogens is 346 g/mol. The molecule has 2 N–H and O–H groups in total. The van der Waals surface area contributed by atoms with Crippen molar-refractivity contribution in [3.8, 4) is 11.5 Å². The highest BCUT2D eigenvalue weighted by molar-refractivity contribution is 5.97. The van der Waals surface area contributed by atoms with Gasteiger partial charge in [0, 0.05) is 31.3 Å². The van der Waals surface area contributed by atoms with Crippen LogP contribution >= 0.6 is 0 Å². The molecule has 1 amide bonds. The van der Waals surface area contributed by atoms with Crippen molar-refractivity contribution >= 4 is 11.6 Å². The summed E-state index contributed by atoms with van der Waals surface area (Å²) in [6.45, 7) is 3.09. The molecular formula is C20H23N3O4. The van der Waals surface area contributed by atoms with Crippen LogP contribution in [0.5, 0.6) is 11.5 Å². The van der Waals surface area contributed by atoms with Crippen LogP contribution in [0.25, 0.3) is 0 Å². The zero-order chi connectivity index (χ0) is 19.4. The third-order valence-electron chi connectivity index (χ3n) is 4.86. The van der Waals surface area contributed by atoms with Crippen molar-refractivity contribution in [3.05, 3.63) is 64.2 Å². The number of rotatable bonds is 5. The zero-order valence-electron chi connectivity index (χ0n) is 15.2. The average molecular weight is 369 g/mol. The number of carbonyl (C=O) groups is 1. The zero-order valence-corrected chi connectivity index (χ0v) is 15.2. The maximum atomic E-state index is 13.1. The molecule has 0 bridgehead atoms. The van der Waals surface area contributed by atoms with Crippen LogP contribution in [-0.2, 0) is 0 Å². The minimum Gasteiger partial charge on any atom is -0.457 e. The molecule has 1 fully saturated rings. The van der Waals surface area contributed by atoms with Crippen molar-refractivity contribution in [1.29, 1.82) is 0 Å². The van der Waals surface area contributed by atoms with Gasteiger partial charge in [0.2, 0.25) is 0 Å². The van der Waals surface area contributed by atoms with E-state index in [0.29, 0.717) is 24.6 Å². The molecule has 0 saturated carbocycles. The SMILES string of the molecule is CC(N)C1CCCN(C(=O)c2cc([N+](=O)[O-])ccc2Oc2ccccc2)C1. The topological polar surface area (TPSA) is 98.7 Å². The van der Waals surface area contributed by atoms with Gasteiger partial charge in [-0.05, 0) is 43.9 Å². The predicted molar refractivity (Wildman–Crippen MR) is 102 cm³/mol. The van der Waals surface area contributed by atoms with Gasteiger partial charge >= 0.3 is 0 Å². The highest BCUT2D eigenvalue weighted by Gasteiger charge is 2.29. The van der Waals surface area contributed by atoms with E-state index in [0.717, 1.165) is 12.8 Å². The molecule has 0 aromatic heterocycles. The second-order valence-corrected chi connectivity index (χ2v) is 6.87. The standard InChI is InChI=1S/C20H23N3O4/c1-14(21)15-6-5-11-22(13-15)20(24)18-12-16(23(25)26)9-10-19(18)27-17-7-3-2-4-8-17/h2-4,7-10,12,14-15H,5-6,11,13,21H2,1H3. The number of likely N-dealkylation sites (tertiary alicyclic amines) is 1. The number of nitrogens with zero attached hydrogens (tertiary/aromatic N) is 2. The Morgan fingerprint density at radius 2 is 2.04 bits per heavy atom. The lowest BCUT2D eigenvalue weighted by Crippen LogP contribution is -2.45. The largest absolute Gasteiger partial charge is 0.457 e. The lowest BCUT2D eigenvalue weighted by molar-refractivity contribution is -0.384. The lowest BCUT2D eigenvalue weighted by Gasteiger charge is -2.34. The molecule has 27 heavy (non-hydrogen) atoms. The molecule has 2 aromatic carbocycles. The maximum absolute atomic E-state index is 13.1. The Morgan fingerprint density at radius 1 is 1.30 bits per heavy atom. The van der Waals surface area contributed by atoms with Gasteiger partial charge in [-0.2, -0.15) is 0 Å². The number of para-hydroxylation sites is 1. The molecule has 1 aliphatic heterocycles. The predicted octanol–water partition coefficient (Wildman–Crippen LogP) is 3.59. The van der Waals surface area contributed by atoms with Crippen molar-refractivity contribution in [1.82, 2.24) is 4.90 Å². The van der Waals surface area contributed by atoms with Crippen molar-refractivity contribution < 1.29 is 14.5 Å². The van der Waals surface area contributed by atoms with Gasteiger partial charge in [0.1, 0.15) is 11.5 Å². The molecule has 7 nitrogen and oxygen atoms in total. The molecule has 1 aliphatic rings. The summed E-state index contributed by atoms with van der Waals surface area (Å²) in [5, 5.41) is 11.2. The first kappa shape index (κ1) is 18.8. The van der Waals surface area contributed by atoms with Gasteiger partial charge < -0.3 is 15.4 Å². The Bertz CT molecular complexity index is 823. The fourth-order valence-corrected chi connectivity index (χ4v) is 3.30. The fraction of sp³-hybridized carbons (Fsp3) is 0.350. The van der Waals surface area contributed by atoms with E-state index in [-0.39, 0.29) is 29.1 Å². The van der Waals surface area contributed by atoms with Crippen LogP contribution in [0, 0.1) is 16.0 Å². The number of nitrogens with two attached hydrogens (primary N) is 1. The third-order valence-corrected chi connectivity index (χ3v) is 4.86. The van der Waals surface area contributed by atoms with Gasteiger partial charge in [-0.3, -0.25) is 14.9 Å². The van der Waals surface area contributed by atoms with Gasteiger partial charge in [-0.15, -0.1) is 0 Å². The first-order valence-electron chi connectivity index (χ1n) is 9.02. The number of amides is 1. The monoisotopic (exact) mass is 369 g/mol. The Kier molecular flexibility index (Phi) is 5.71. The minimum atomic E-state index is -0.510. The average Bonchev–Trinajstić information content (AvgIpc) is 2.68. The van der Waals surface area contributed by atoms with Gasteiger partial charge in [0.15, 0.2) is 0 Å². The highest BCUT2D eigenvalue weighted by atomic mass is 16.6. The second-order valence-electron chi connectivity index (χ2n) is 6.87. The van der Waals surface area contributed by atoms with E-state index in [1.54, 1.807) is 17.0 Å². The molecule has 2 aromatic rings. The smallest absolute Gasteiger partial charge is 0.270 e. The Labute approximate surface area is 157 Å². The summed E-state index contributed by atoms with van der Waals surface area (Å²) >= 11 is 0. The van der Waals surface area contributed by atoms with E-state index in [1.165, 1.54) is 18.2 Å². The van der Waals surface area contributed by atoms with Crippen molar-refractivity contribution in [3.63, 3.8) is 0 Å². The number of ether oxygens (including phenoxy) is 1. The number of nitro benzene ring substituents is 1. The van der Waals surface area contributed by atoms with Gasteiger partial charge in [-0.1, -0.05) is 18.2 Å². The van der Waals surface area contributed by atoms with Crippen LogP contribution in [0.1, 0.15) is 30.1 Å². The lowest BCUT2D eigenvalue weighted by atomic mass is 9.92. The van der Waals surface area contributed by atoms with Gasteiger partial charge in [0.05, 0.1) is 10.5 Å². The van der Waals surface area contributed by atoms with Crippen LogP contribution in [-0.4, -0.2) is 34.9 Å². The number of piperidine rings is 1. The van der Waals surface area contributed by atoms with Crippen LogP contribution in [0.2, 0.25) is 0 Å². The Morgan fingerprint density at radius 3 is 2.70 bits per heavy atom. The summed E-state index contributed by atoms with van der Waals surface area (Å²) < 4.78 is 5.84. The molecule has 1 saturated heterocycles. The van der Waals surface area contributed by atoms with Crippen LogP contribution in [0.4, 0.5) is 5.69 Å². The normalized spacial score (nSPS) is 18.0. The molecule has 0 spiro atoms. The van der Waals surface area contributed by atoms with Crippen LogP contribution in [0.15, 0.2) is 48.5 Å². The number of carbonyl (C=O) groups excluding carboxylic acids is 1. The molecule has 0 aliphatic carbocycles. The molecule has 0 radical (unpaired) electrons. The van der Waals surface area contributed by atoms with Crippen molar-refractivity contribution in [2.45, 2.75) is 25.8 Å². The molecule has 1 heterocycles. The third kappa shape index (κ3) is 4.43. The second kappa shape index (κ2) is 8.18. The Balaban J connectivity index is 1.92. The van der Waals surface area contributed by atoms with Crippen molar-refractivity contribution in [2.24, 2.45) is 11.7 Å². The van der Waals surface area contributed by atoms with E-state index in [4.69, 9.17) is 10.5 Å². The summed E-state index contributed by atoms with van der Waals surface area (Å²) in [7, 11) is 0. The first-order chi connectivity index (χ1) is 13.0. The van der Waals surface area contributed by atoms with Crippen LogP contribution in [0.3, 0.4) is 0 Å². The molecule has 3 rings (SSSR count). The van der Waals surface area contributed by atoms with Crippen molar-refractivity contribution in [2.75, 3.05) is 13.1 Å². The number of non-ortho nitro benzene ring substituents is 1. The minimum absolute atomic E-state index is 0.00857. The summed E-state index contributed by atoms with van der Waals surface area (Å²) in [6, 6.07) is 13.1. The summed E-state index contributed by atoms with van der Waals surface area (Å²) in [4.78, 5) is 25.5. The van der Waals surface area contributed by atoms with Crippen LogP contribution < -0.4 is 10.5 Å². The fourth-order valence-electron chi connectivity index (χ4n) is 3.30. The summed E-state index contributed by atoms with van der Waals surface area (Å²) in [5.41, 5.74) is 6.07. The number of nitro groups is 1. The summed E-state index contributed by atoms with van der Waals surface area (Å²) in [5.74, 6) is 0.821. The number of hydrogen-bond acceptors (Lipinski definition) is 5. The Hall–Kier alpha value is -2.93. The quantitative estimate of drug-likeness (QED) is 0.641.